The average molecular weight is 384 g/mol. The van der Waals surface area contributed by atoms with Gasteiger partial charge in [-0.25, -0.2) is 9.36 Å². The first-order valence-corrected chi connectivity index (χ1v) is 8.64. The summed E-state index contributed by atoms with van der Waals surface area (Å²) >= 11 is 0. The lowest BCUT2D eigenvalue weighted by Crippen LogP contribution is -2.14. The quantitative estimate of drug-likeness (QED) is 0.465. The van der Waals surface area contributed by atoms with E-state index in [0.717, 1.165) is 5.56 Å². The molecule has 4 heterocycles. The standard InChI is InChI=1S/C20H12N6O3/c27-20-26(18(25-29-20)14-6-4-10-22-12-14)16-8-2-1-7-15(16)19-23-17(24-28-19)13-5-3-9-21-11-13/h1-12H. The third kappa shape index (κ3) is 3.00. The van der Waals surface area contributed by atoms with E-state index in [0.29, 0.717) is 28.5 Å². The van der Waals surface area contributed by atoms with Gasteiger partial charge >= 0.3 is 5.76 Å². The van der Waals surface area contributed by atoms with E-state index in [2.05, 4.69) is 25.3 Å². The van der Waals surface area contributed by atoms with Gasteiger partial charge in [0.15, 0.2) is 5.82 Å². The first kappa shape index (κ1) is 16.8. The van der Waals surface area contributed by atoms with Crippen LogP contribution >= 0.6 is 0 Å². The van der Waals surface area contributed by atoms with E-state index in [1.807, 2.05) is 12.1 Å². The fourth-order valence-corrected chi connectivity index (χ4v) is 2.93. The normalized spacial score (nSPS) is 10.9. The van der Waals surface area contributed by atoms with Gasteiger partial charge in [-0.15, -0.1) is 0 Å². The maximum Gasteiger partial charge on any atom is 0.446 e. The Morgan fingerprint density at radius 2 is 1.55 bits per heavy atom. The Kier molecular flexibility index (Phi) is 4.02. The van der Waals surface area contributed by atoms with E-state index in [1.165, 1.54) is 4.57 Å². The molecule has 0 saturated carbocycles. The molecule has 0 unspecified atom stereocenters. The number of aromatic nitrogens is 6. The van der Waals surface area contributed by atoms with Crippen molar-refractivity contribution in [1.29, 1.82) is 0 Å². The minimum atomic E-state index is -0.636. The average Bonchev–Trinajstić information content (AvgIpc) is 3.42. The van der Waals surface area contributed by atoms with Crippen LogP contribution in [0, 0.1) is 0 Å². The van der Waals surface area contributed by atoms with E-state index in [4.69, 9.17) is 9.05 Å². The van der Waals surface area contributed by atoms with Crippen LogP contribution in [-0.2, 0) is 0 Å². The molecule has 0 amide bonds. The van der Waals surface area contributed by atoms with Gasteiger partial charge in [0.2, 0.25) is 5.82 Å². The Bertz CT molecular complexity index is 1330. The van der Waals surface area contributed by atoms with Crippen LogP contribution in [0.3, 0.4) is 0 Å². The SMILES string of the molecule is O=c1onc(-c2cccnc2)n1-c1ccccc1-c1nc(-c2cccnc2)no1. The Balaban J connectivity index is 1.65. The summed E-state index contributed by atoms with van der Waals surface area (Å²) < 4.78 is 11.7. The van der Waals surface area contributed by atoms with E-state index in [1.54, 1.807) is 61.2 Å². The van der Waals surface area contributed by atoms with Crippen LogP contribution in [0.5, 0.6) is 0 Å². The Hall–Kier alpha value is -4.40. The van der Waals surface area contributed by atoms with Gasteiger partial charge in [-0.2, -0.15) is 4.98 Å². The van der Waals surface area contributed by atoms with E-state index in [-0.39, 0.29) is 5.89 Å². The van der Waals surface area contributed by atoms with Gasteiger partial charge in [0.25, 0.3) is 5.89 Å². The second-order valence-electron chi connectivity index (χ2n) is 6.03. The number of nitrogens with zero attached hydrogens (tertiary/aromatic N) is 6. The van der Waals surface area contributed by atoms with Crippen molar-refractivity contribution in [2.24, 2.45) is 0 Å². The van der Waals surface area contributed by atoms with Crippen molar-refractivity contribution in [3.63, 3.8) is 0 Å². The molecule has 0 saturated heterocycles. The highest BCUT2D eigenvalue weighted by Crippen LogP contribution is 2.29. The highest BCUT2D eigenvalue weighted by atomic mass is 16.5. The molecule has 0 fully saturated rings. The Morgan fingerprint density at radius 3 is 2.31 bits per heavy atom. The fourth-order valence-electron chi connectivity index (χ4n) is 2.93. The van der Waals surface area contributed by atoms with Gasteiger partial charge in [0.05, 0.1) is 11.3 Å². The molecule has 0 bridgehead atoms. The molecule has 29 heavy (non-hydrogen) atoms. The zero-order chi connectivity index (χ0) is 19.6. The molecule has 0 N–H and O–H groups in total. The van der Waals surface area contributed by atoms with Gasteiger partial charge in [0.1, 0.15) is 0 Å². The van der Waals surface area contributed by atoms with Crippen molar-refractivity contribution in [3.8, 4) is 39.9 Å². The van der Waals surface area contributed by atoms with Crippen molar-refractivity contribution in [2.75, 3.05) is 0 Å². The third-order valence-corrected chi connectivity index (χ3v) is 4.25. The van der Waals surface area contributed by atoms with Gasteiger partial charge in [-0.1, -0.05) is 22.4 Å². The van der Waals surface area contributed by atoms with Crippen molar-refractivity contribution >= 4 is 0 Å². The summed E-state index contributed by atoms with van der Waals surface area (Å²) in [5.74, 6) is 0.337. The van der Waals surface area contributed by atoms with Gasteiger partial charge in [-0.05, 0) is 36.4 Å². The Morgan fingerprint density at radius 1 is 0.793 bits per heavy atom. The van der Waals surface area contributed by atoms with Gasteiger partial charge in [0, 0.05) is 35.9 Å². The molecule has 0 aliphatic heterocycles. The maximum absolute atomic E-state index is 12.5. The summed E-state index contributed by atoms with van der Waals surface area (Å²) in [6.07, 6.45) is 6.55. The molecule has 0 aliphatic rings. The summed E-state index contributed by atoms with van der Waals surface area (Å²) in [6.45, 7) is 0. The maximum atomic E-state index is 12.5. The summed E-state index contributed by atoms with van der Waals surface area (Å²) in [4.78, 5) is 25.1. The molecule has 1 aromatic carbocycles. The number of benzene rings is 1. The topological polar surface area (TPSA) is 113 Å². The van der Waals surface area contributed by atoms with Crippen LogP contribution in [0.25, 0.3) is 39.9 Å². The molecule has 140 valence electrons. The molecule has 0 radical (unpaired) electrons. The summed E-state index contributed by atoms with van der Waals surface area (Å²) in [6, 6.07) is 14.3. The first-order chi connectivity index (χ1) is 14.3. The monoisotopic (exact) mass is 384 g/mol. The molecule has 5 aromatic rings. The lowest BCUT2D eigenvalue weighted by molar-refractivity contribution is 0.383. The van der Waals surface area contributed by atoms with Crippen molar-refractivity contribution in [1.82, 2.24) is 29.8 Å². The molecule has 5 rings (SSSR count). The van der Waals surface area contributed by atoms with Crippen LogP contribution < -0.4 is 5.76 Å². The highest BCUT2D eigenvalue weighted by molar-refractivity contribution is 5.70. The third-order valence-electron chi connectivity index (χ3n) is 4.25. The van der Waals surface area contributed by atoms with Crippen molar-refractivity contribution in [3.05, 3.63) is 83.9 Å². The molecular weight excluding hydrogens is 372 g/mol. The number of hydrogen-bond acceptors (Lipinski definition) is 8. The fraction of sp³-hybridized carbons (Fsp3) is 0. The summed E-state index contributed by atoms with van der Waals surface area (Å²) in [7, 11) is 0. The van der Waals surface area contributed by atoms with Gasteiger partial charge in [-0.3, -0.25) is 14.5 Å². The minimum Gasteiger partial charge on any atom is -0.334 e. The summed E-state index contributed by atoms with van der Waals surface area (Å²) in [5, 5.41) is 7.94. The van der Waals surface area contributed by atoms with E-state index < -0.39 is 5.76 Å². The lowest BCUT2D eigenvalue weighted by atomic mass is 10.1. The molecule has 0 aliphatic carbocycles. The number of hydrogen-bond donors (Lipinski definition) is 0. The molecular formula is C20H12N6O3. The molecule has 0 spiro atoms. The summed E-state index contributed by atoms with van der Waals surface area (Å²) in [5.41, 5.74) is 2.41. The first-order valence-electron chi connectivity index (χ1n) is 8.64. The predicted octanol–water partition coefficient (Wildman–Crippen LogP) is 3.00. The highest BCUT2D eigenvalue weighted by Gasteiger charge is 2.21. The zero-order valence-electron chi connectivity index (χ0n) is 14.8. The van der Waals surface area contributed by atoms with Crippen LogP contribution in [0.2, 0.25) is 0 Å². The number of pyridine rings is 2. The molecule has 9 heteroatoms. The molecule has 0 atom stereocenters. The van der Waals surface area contributed by atoms with E-state index >= 15 is 0 Å². The van der Waals surface area contributed by atoms with Gasteiger partial charge < -0.3 is 4.52 Å². The molecule has 4 aromatic heterocycles. The number of rotatable bonds is 4. The van der Waals surface area contributed by atoms with Crippen LogP contribution in [0.15, 0.2) is 87.2 Å². The smallest absolute Gasteiger partial charge is 0.334 e. The molecule has 9 nitrogen and oxygen atoms in total. The lowest BCUT2D eigenvalue weighted by Gasteiger charge is -2.07. The van der Waals surface area contributed by atoms with Crippen LogP contribution in [-0.4, -0.2) is 29.8 Å². The zero-order valence-corrected chi connectivity index (χ0v) is 14.8. The minimum absolute atomic E-state index is 0.254. The predicted molar refractivity (Wildman–Crippen MR) is 102 cm³/mol. The number of para-hydroxylation sites is 1. The van der Waals surface area contributed by atoms with E-state index in [9.17, 15) is 4.79 Å². The van der Waals surface area contributed by atoms with Crippen LogP contribution in [0.1, 0.15) is 0 Å². The largest absolute Gasteiger partial charge is 0.446 e. The van der Waals surface area contributed by atoms with Crippen LogP contribution in [0.4, 0.5) is 0 Å². The second kappa shape index (κ2) is 6.97. The van der Waals surface area contributed by atoms with Crippen molar-refractivity contribution < 1.29 is 9.05 Å². The second-order valence-corrected chi connectivity index (χ2v) is 6.03. The van der Waals surface area contributed by atoms with Crippen molar-refractivity contribution in [2.45, 2.75) is 0 Å². The Labute approximate surface area is 163 Å².